The van der Waals surface area contributed by atoms with Gasteiger partial charge in [-0.3, -0.25) is 4.68 Å². The van der Waals surface area contributed by atoms with Crippen LogP contribution in [0, 0.1) is 0 Å². The van der Waals surface area contributed by atoms with Gasteiger partial charge in [0, 0.05) is 48.7 Å². The largest absolute Gasteiger partial charge is 0.419 e. The first-order valence-electron chi connectivity index (χ1n) is 11.2. The number of carbonyl (C=O) groups excluding carboxylic acids is 1. The minimum absolute atomic E-state index is 0.193. The smallest absolute Gasteiger partial charge is 0.383 e. The SMILES string of the molecule is CC(C)(NC(=O)N1CCC2(CCn3nc(-c4cnc(N)c(C(F)(F)F)c4)cc32)C1)c1ccncn1. The maximum absolute atomic E-state index is 13.3. The lowest BCUT2D eigenvalue weighted by atomic mass is 9.82. The number of nitrogens with zero attached hydrogens (tertiary/aromatic N) is 6. The molecule has 2 aliphatic heterocycles. The number of alkyl halides is 3. The minimum Gasteiger partial charge on any atom is -0.383 e. The van der Waals surface area contributed by atoms with Gasteiger partial charge in [0.2, 0.25) is 0 Å². The number of hydrogen-bond donors (Lipinski definition) is 2. The molecular formula is C23H25F3N8O. The molecule has 0 aromatic carbocycles. The van der Waals surface area contributed by atoms with Gasteiger partial charge in [0.15, 0.2) is 0 Å². The van der Waals surface area contributed by atoms with E-state index in [1.54, 1.807) is 17.2 Å². The summed E-state index contributed by atoms with van der Waals surface area (Å²) in [5, 5.41) is 7.59. The van der Waals surface area contributed by atoms with E-state index < -0.39 is 23.1 Å². The second-order valence-electron chi connectivity index (χ2n) is 9.64. The van der Waals surface area contributed by atoms with Crippen molar-refractivity contribution >= 4 is 11.8 Å². The van der Waals surface area contributed by atoms with Crippen molar-refractivity contribution in [2.24, 2.45) is 0 Å². The molecule has 5 heterocycles. The quantitative estimate of drug-likeness (QED) is 0.587. The van der Waals surface area contributed by atoms with E-state index in [1.807, 2.05) is 24.6 Å². The number of amides is 2. The molecule has 3 N–H and O–H groups in total. The van der Waals surface area contributed by atoms with Crippen molar-refractivity contribution < 1.29 is 18.0 Å². The number of aromatic nitrogens is 5. The van der Waals surface area contributed by atoms with E-state index in [-0.39, 0.29) is 17.0 Å². The van der Waals surface area contributed by atoms with Crippen molar-refractivity contribution in [2.75, 3.05) is 18.8 Å². The third-order valence-electron chi connectivity index (χ3n) is 6.93. The second-order valence-corrected chi connectivity index (χ2v) is 9.64. The van der Waals surface area contributed by atoms with Crippen LogP contribution in [0.3, 0.4) is 0 Å². The van der Waals surface area contributed by atoms with Gasteiger partial charge in [-0.15, -0.1) is 0 Å². The Bertz CT molecular complexity index is 1270. The van der Waals surface area contributed by atoms with Crippen molar-refractivity contribution in [3.8, 4) is 11.3 Å². The topological polar surface area (TPSA) is 115 Å². The molecule has 0 saturated carbocycles. The molecule has 1 atom stereocenters. The Labute approximate surface area is 199 Å². The van der Waals surface area contributed by atoms with Crippen molar-refractivity contribution in [3.05, 3.63) is 53.9 Å². The number of fused-ring (bicyclic) bond motifs is 2. The number of nitrogens with two attached hydrogens (primary N) is 1. The van der Waals surface area contributed by atoms with E-state index >= 15 is 0 Å². The summed E-state index contributed by atoms with van der Waals surface area (Å²) in [7, 11) is 0. The Hall–Kier alpha value is -3.70. The predicted octanol–water partition coefficient (Wildman–Crippen LogP) is 3.33. The summed E-state index contributed by atoms with van der Waals surface area (Å²) in [4.78, 5) is 26.8. The summed E-state index contributed by atoms with van der Waals surface area (Å²) in [5.74, 6) is -0.563. The van der Waals surface area contributed by atoms with Crippen molar-refractivity contribution in [2.45, 2.75) is 50.4 Å². The molecule has 9 nitrogen and oxygen atoms in total. The number of rotatable bonds is 3. The summed E-state index contributed by atoms with van der Waals surface area (Å²) < 4.78 is 41.7. The molecule has 3 aromatic heterocycles. The lowest BCUT2D eigenvalue weighted by Crippen LogP contribution is -2.48. The van der Waals surface area contributed by atoms with Gasteiger partial charge in [0.05, 0.1) is 22.5 Å². The molecule has 1 spiro atoms. The fourth-order valence-corrected chi connectivity index (χ4v) is 4.98. The molecule has 1 fully saturated rings. The van der Waals surface area contributed by atoms with Gasteiger partial charge in [-0.25, -0.2) is 19.7 Å². The first-order chi connectivity index (χ1) is 16.5. The van der Waals surface area contributed by atoms with E-state index in [9.17, 15) is 18.0 Å². The molecule has 2 aliphatic rings. The zero-order valence-electron chi connectivity index (χ0n) is 19.3. The van der Waals surface area contributed by atoms with Gasteiger partial charge in [-0.1, -0.05) is 0 Å². The van der Waals surface area contributed by atoms with E-state index in [0.717, 1.165) is 24.6 Å². The third-order valence-corrected chi connectivity index (χ3v) is 6.93. The molecule has 0 radical (unpaired) electrons. The molecule has 0 aliphatic carbocycles. The van der Waals surface area contributed by atoms with Gasteiger partial charge in [-0.2, -0.15) is 18.3 Å². The van der Waals surface area contributed by atoms with Crippen LogP contribution in [-0.2, 0) is 23.7 Å². The molecule has 3 aromatic rings. The molecule has 1 unspecified atom stereocenters. The number of nitrogens with one attached hydrogen (secondary N) is 1. The number of urea groups is 1. The molecule has 184 valence electrons. The number of nitrogen functional groups attached to an aromatic ring is 1. The van der Waals surface area contributed by atoms with E-state index in [4.69, 9.17) is 5.73 Å². The summed E-state index contributed by atoms with van der Waals surface area (Å²) in [6, 6.07) is 4.36. The monoisotopic (exact) mass is 486 g/mol. The zero-order chi connectivity index (χ0) is 25.0. The van der Waals surface area contributed by atoms with Gasteiger partial charge < -0.3 is 16.0 Å². The first kappa shape index (κ1) is 23.1. The molecule has 5 rings (SSSR count). The van der Waals surface area contributed by atoms with Crippen molar-refractivity contribution in [3.63, 3.8) is 0 Å². The summed E-state index contributed by atoms with van der Waals surface area (Å²) in [6.07, 6.45) is 1.33. The predicted molar refractivity (Wildman–Crippen MR) is 121 cm³/mol. The van der Waals surface area contributed by atoms with Crippen LogP contribution in [0.2, 0.25) is 0 Å². The van der Waals surface area contributed by atoms with Gasteiger partial charge in [0.1, 0.15) is 12.1 Å². The normalized spacial score (nSPS) is 19.9. The number of halogens is 3. The molecule has 0 bridgehead atoms. The number of hydrogen-bond acceptors (Lipinski definition) is 6. The molecular weight excluding hydrogens is 461 g/mol. The molecule has 2 amide bonds. The van der Waals surface area contributed by atoms with Crippen LogP contribution in [0.1, 0.15) is 43.6 Å². The molecule has 35 heavy (non-hydrogen) atoms. The minimum atomic E-state index is -4.60. The Balaban J connectivity index is 1.36. The van der Waals surface area contributed by atoms with E-state index in [0.29, 0.717) is 31.0 Å². The highest BCUT2D eigenvalue weighted by atomic mass is 19.4. The standard InChI is InChI=1S/C23H25F3N8O/c1-21(2,17-3-6-28-13-30-17)31-20(35)33-7-4-22(12-33)5-8-34-18(22)10-16(32-34)14-9-15(23(24,25)26)19(27)29-11-14/h3,6,9-11,13H,4-5,7-8,12H2,1-2H3,(H2,27,29)(H,31,35). The second kappa shape index (κ2) is 7.92. The van der Waals surface area contributed by atoms with Crippen LogP contribution in [0.5, 0.6) is 0 Å². The average molecular weight is 487 g/mol. The average Bonchev–Trinajstić information content (AvgIpc) is 3.51. The lowest BCUT2D eigenvalue weighted by molar-refractivity contribution is -0.137. The highest BCUT2D eigenvalue weighted by Crippen LogP contribution is 2.44. The third kappa shape index (κ3) is 4.06. The number of carbonyl (C=O) groups is 1. The van der Waals surface area contributed by atoms with Crippen LogP contribution in [-0.4, -0.2) is 48.8 Å². The van der Waals surface area contributed by atoms with E-state index in [1.165, 1.54) is 12.5 Å². The first-order valence-corrected chi connectivity index (χ1v) is 11.2. The molecule has 1 saturated heterocycles. The summed E-state index contributed by atoms with van der Waals surface area (Å²) in [5.41, 5.74) is 5.76. The van der Waals surface area contributed by atoms with Crippen molar-refractivity contribution in [1.29, 1.82) is 0 Å². The highest BCUT2D eigenvalue weighted by Gasteiger charge is 2.47. The highest BCUT2D eigenvalue weighted by molar-refractivity contribution is 5.76. The fraction of sp³-hybridized carbons (Fsp3) is 0.435. The van der Waals surface area contributed by atoms with E-state index in [2.05, 4.69) is 25.4 Å². The van der Waals surface area contributed by atoms with Gasteiger partial charge in [-0.05, 0) is 44.9 Å². The van der Waals surface area contributed by atoms with Gasteiger partial charge in [0.25, 0.3) is 0 Å². The maximum atomic E-state index is 13.3. The zero-order valence-corrected chi connectivity index (χ0v) is 19.3. The lowest BCUT2D eigenvalue weighted by Gasteiger charge is -2.29. The summed E-state index contributed by atoms with van der Waals surface area (Å²) in [6.45, 7) is 5.45. The van der Waals surface area contributed by atoms with Crippen LogP contribution in [0.15, 0.2) is 36.9 Å². The fourth-order valence-electron chi connectivity index (χ4n) is 4.98. The Morgan fingerprint density at radius 2 is 1.94 bits per heavy atom. The number of aryl methyl sites for hydroxylation is 1. The van der Waals surface area contributed by atoms with Crippen LogP contribution in [0.4, 0.5) is 23.8 Å². The molecule has 12 heteroatoms. The van der Waals surface area contributed by atoms with Gasteiger partial charge >= 0.3 is 12.2 Å². The van der Waals surface area contributed by atoms with Crippen LogP contribution >= 0.6 is 0 Å². The summed E-state index contributed by atoms with van der Waals surface area (Å²) >= 11 is 0. The number of likely N-dealkylation sites (tertiary alicyclic amines) is 1. The van der Waals surface area contributed by atoms with Crippen LogP contribution < -0.4 is 11.1 Å². The number of anilines is 1. The Kier molecular flexibility index (Phi) is 5.22. The Morgan fingerprint density at radius 3 is 2.66 bits per heavy atom. The van der Waals surface area contributed by atoms with Crippen molar-refractivity contribution in [1.82, 2.24) is 34.9 Å². The Morgan fingerprint density at radius 1 is 1.17 bits per heavy atom. The number of pyridine rings is 1. The maximum Gasteiger partial charge on any atom is 0.419 e. The van der Waals surface area contributed by atoms with Crippen LogP contribution in [0.25, 0.3) is 11.3 Å².